The first-order valence-electron chi connectivity index (χ1n) is 7.12. The quantitative estimate of drug-likeness (QED) is 0.824. The van der Waals surface area contributed by atoms with Crippen molar-refractivity contribution in [2.75, 3.05) is 5.75 Å². The summed E-state index contributed by atoms with van der Waals surface area (Å²) < 4.78 is 23.4. The van der Waals surface area contributed by atoms with Crippen molar-refractivity contribution in [2.45, 2.75) is 63.9 Å². The fraction of sp³-hybridized carbons (Fsp3) is 0.857. The number of hydrogen-bond donors (Lipinski definition) is 1. The SMILES string of the molecule is CC1C[C@@H](C#N)N(C(=O)[C@@H](N)CS(=O)(=O)C(C)(C)C)C1C. The van der Waals surface area contributed by atoms with E-state index in [0.717, 1.165) is 0 Å². The topological polar surface area (TPSA) is 104 Å². The maximum absolute atomic E-state index is 12.5. The lowest BCUT2D eigenvalue weighted by atomic mass is 10.0. The van der Waals surface area contributed by atoms with Crippen molar-refractivity contribution in [2.24, 2.45) is 11.7 Å². The molecular weight excluding hydrogens is 290 g/mol. The van der Waals surface area contributed by atoms with Crippen molar-refractivity contribution in [3.05, 3.63) is 0 Å². The molecule has 0 aromatic heterocycles. The highest BCUT2D eigenvalue weighted by Crippen LogP contribution is 2.30. The van der Waals surface area contributed by atoms with Crippen molar-refractivity contribution >= 4 is 15.7 Å². The van der Waals surface area contributed by atoms with E-state index in [2.05, 4.69) is 6.07 Å². The van der Waals surface area contributed by atoms with Gasteiger partial charge in [-0.15, -0.1) is 0 Å². The highest BCUT2D eigenvalue weighted by atomic mass is 32.2. The average molecular weight is 315 g/mol. The third-order valence-electron chi connectivity index (χ3n) is 4.25. The van der Waals surface area contributed by atoms with E-state index in [1.54, 1.807) is 20.8 Å². The number of hydrogen-bond acceptors (Lipinski definition) is 5. The van der Waals surface area contributed by atoms with Gasteiger partial charge in [0.05, 0.1) is 22.6 Å². The number of amides is 1. The molecule has 0 aromatic rings. The molecule has 1 saturated heterocycles. The van der Waals surface area contributed by atoms with Gasteiger partial charge >= 0.3 is 0 Å². The number of sulfone groups is 1. The van der Waals surface area contributed by atoms with Gasteiger partial charge in [-0.05, 0) is 40.0 Å². The van der Waals surface area contributed by atoms with E-state index in [4.69, 9.17) is 11.0 Å². The van der Waals surface area contributed by atoms with E-state index < -0.39 is 38.3 Å². The van der Waals surface area contributed by atoms with E-state index >= 15 is 0 Å². The molecule has 0 aliphatic carbocycles. The Balaban J connectivity index is 2.92. The van der Waals surface area contributed by atoms with Gasteiger partial charge in [-0.2, -0.15) is 5.26 Å². The summed E-state index contributed by atoms with van der Waals surface area (Å²) in [6.45, 7) is 8.58. The maximum atomic E-state index is 12.5. The molecule has 1 heterocycles. The Morgan fingerprint density at radius 2 is 1.95 bits per heavy atom. The zero-order valence-corrected chi connectivity index (χ0v) is 14.1. The molecule has 2 N–H and O–H groups in total. The molecule has 0 saturated carbocycles. The van der Waals surface area contributed by atoms with Gasteiger partial charge in [0.25, 0.3) is 0 Å². The van der Waals surface area contributed by atoms with Crippen molar-refractivity contribution in [3.8, 4) is 6.07 Å². The van der Waals surface area contributed by atoms with E-state index in [1.165, 1.54) is 4.90 Å². The van der Waals surface area contributed by atoms with Crippen LogP contribution in [0.15, 0.2) is 0 Å². The molecule has 4 atom stereocenters. The van der Waals surface area contributed by atoms with Gasteiger partial charge in [-0.3, -0.25) is 4.79 Å². The molecule has 7 heteroatoms. The van der Waals surface area contributed by atoms with Crippen LogP contribution >= 0.6 is 0 Å². The average Bonchev–Trinajstić information content (AvgIpc) is 2.62. The van der Waals surface area contributed by atoms with Crippen LogP contribution in [0.1, 0.15) is 41.0 Å². The molecule has 0 radical (unpaired) electrons. The van der Waals surface area contributed by atoms with Gasteiger partial charge in [0.2, 0.25) is 5.91 Å². The zero-order chi connectivity index (χ0) is 16.6. The lowest BCUT2D eigenvalue weighted by Gasteiger charge is -2.29. The predicted molar refractivity (Wildman–Crippen MR) is 81.0 cm³/mol. The minimum Gasteiger partial charge on any atom is -0.322 e. The molecule has 6 nitrogen and oxygen atoms in total. The van der Waals surface area contributed by atoms with Gasteiger partial charge in [0, 0.05) is 6.04 Å². The van der Waals surface area contributed by atoms with Gasteiger partial charge in [0.15, 0.2) is 9.84 Å². The summed E-state index contributed by atoms with van der Waals surface area (Å²) in [6, 6.07) is 0.348. The minimum atomic E-state index is -3.48. The number of carbonyl (C=O) groups excluding carboxylic acids is 1. The largest absolute Gasteiger partial charge is 0.322 e. The van der Waals surface area contributed by atoms with E-state index in [1.807, 2.05) is 13.8 Å². The number of nitriles is 1. The molecule has 1 fully saturated rings. The second-order valence-corrected chi connectivity index (χ2v) is 9.63. The monoisotopic (exact) mass is 315 g/mol. The third-order valence-corrected chi connectivity index (χ3v) is 6.91. The van der Waals surface area contributed by atoms with Crippen LogP contribution in [0.2, 0.25) is 0 Å². The van der Waals surface area contributed by atoms with E-state index in [0.29, 0.717) is 6.42 Å². The summed E-state index contributed by atoms with van der Waals surface area (Å²) in [7, 11) is -3.48. The minimum absolute atomic E-state index is 0.106. The van der Waals surface area contributed by atoms with Gasteiger partial charge in [-0.1, -0.05) is 6.92 Å². The lowest BCUT2D eigenvalue weighted by molar-refractivity contribution is -0.134. The predicted octanol–water partition coefficient (Wildman–Crippen LogP) is 0.676. The first-order chi connectivity index (χ1) is 9.42. The summed E-state index contributed by atoms with van der Waals surface area (Å²) in [5.41, 5.74) is 5.82. The fourth-order valence-corrected chi connectivity index (χ4v) is 3.55. The number of nitrogens with zero attached hydrogens (tertiary/aromatic N) is 2. The molecule has 1 amide bonds. The standard InChI is InChI=1S/C14H25N3O3S/c1-9-6-11(7-15)17(10(9)2)13(18)12(16)8-21(19,20)14(3,4)5/h9-12H,6,8,16H2,1-5H3/t9?,10?,11-,12-/m0/s1. The van der Waals surface area contributed by atoms with Gasteiger partial charge in [0.1, 0.15) is 6.04 Å². The first-order valence-corrected chi connectivity index (χ1v) is 8.77. The van der Waals surface area contributed by atoms with Crippen molar-refractivity contribution in [1.82, 2.24) is 4.90 Å². The van der Waals surface area contributed by atoms with Gasteiger partial charge in [-0.25, -0.2) is 8.42 Å². The third kappa shape index (κ3) is 3.55. The molecule has 21 heavy (non-hydrogen) atoms. The molecule has 1 aliphatic heterocycles. The van der Waals surface area contributed by atoms with Crippen LogP contribution in [0.25, 0.3) is 0 Å². The lowest BCUT2D eigenvalue weighted by Crippen LogP contribution is -2.52. The highest BCUT2D eigenvalue weighted by molar-refractivity contribution is 7.92. The second kappa shape index (κ2) is 5.93. The normalized spacial score (nSPS) is 28.2. The summed E-state index contributed by atoms with van der Waals surface area (Å²) in [5.74, 6) is -0.651. The molecule has 1 aliphatic rings. The first kappa shape index (κ1) is 17.9. The van der Waals surface area contributed by atoms with Crippen LogP contribution in [0, 0.1) is 17.2 Å². The molecular formula is C14H25N3O3S. The molecule has 1 rings (SSSR count). The van der Waals surface area contributed by atoms with Crippen LogP contribution in [0.4, 0.5) is 0 Å². The highest BCUT2D eigenvalue weighted by Gasteiger charge is 2.42. The summed E-state index contributed by atoms with van der Waals surface area (Å²) >= 11 is 0. The van der Waals surface area contributed by atoms with E-state index in [9.17, 15) is 13.2 Å². The number of likely N-dealkylation sites (tertiary alicyclic amines) is 1. The van der Waals surface area contributed by atoms with Crippen molar-refractivity contribution < 1.29 is 13.2 Å². The second-order valence-electron chi connectivity index (χ2n) is 6.84. The zero-order valence-electron chi connectivity index (χ0n) is 13.3. The molecule has 2 unspecified atom stereocenters. The van der Waals surface area contributed by atoms with Crippen LogP contribution in [0.5, 0.6) is 0 Å². The number of nitrogens with two attached hydrogens (primary N) is 1. The maximum Gasteiger partial charge on any atom is 0.241 e. The molecule has 0 bridgehead atoms. The Morgan fingerprint density at radius 3 is 2.38 bits per heavy atom. The summed E-state index contributed by atoms with van der Waals surface area (Å²) in [4.78, 5) is 13.9. The van der Waals surface area contributed by atoms with Gasteiger partial charge < -0.3 is 10.6 Å². The molecule has 0 spiro atoms. The van der Waals surface area contributed by atoms with Crippen LogP contribution < -0.4 is 5.73 Å². The smallest absolute Gasteiger partial charge is 0.241 e. The van der Waals surface area contributed by atoms with Crippen LogP contribution in [0.3, 0.4) is 0 Å². The Hall–Kier alpha value is -1.13. The summed E-state index contributed by atoms with van der Waals surface area (Å²) in [6.07, 6.45) is 0.599. The number of carbonyl (C=O) groups is 1. The Kier molecular flexibility index (Phi) is 5.06. The Labute approximate surface area is 127 Å². The number of rotatable bonds is 3. The fourth-order valence-electron chi connectivity index (χ4n) is 2.44. The van der Waals surface area contributed by atoms with Crippen LogP contribution in [-0.4, -0.2) is 47.9 Å². The van der Waals surface area contributed by atoms with Crippen LogP contribution in [-0.2, 0) is 14.6 Å². The summed E-state index contributed by atoms with van der Waals surface area (Å²) in [5, 5.41) is 9.16. The Morgan fingerprint density at radius 1 is 1.43 bits per heavy atom. The molecule has 120 valence electrons. The molecule has 0 aromatic carbocycles. The van der Waals surface area contributed by atoms with Crippen molar-refractivity contribution in [1.29, 1.82) is 5.26 Å². The Bertz CT molecular complexity index is 545. The van der Waals surface area contributed by atoms with Crippen molar-refractivity contribution in [3.63, 3.8) is 0 Å². The van der Waals surface area contributed by atoms with E-state index in [-0.39, 0.29) is 12.0 Å².